The highest BCUT2D eigenvalue weighted by atomic mass is 16.5. The summed E-state index contributed by atoms with van der Waals surface area (Å²) in [7, 11) is 0. The Balaban J connectivity index is 2.36. The van der Waals surface area contributed by atoms with E-state index in [1.165, 1.54) is 0 Å². The standard InChI is InChI=1S/C11H16N4O/c1-8(2)15-11(9-4-6-16-7-9)10(3-5-12)13-14-15/h8-9H,3-4,6-7H2,1-2H3. The van der Waals surface area contributed by atoms with Crippen molar-refractivity contribution in [3.63, 3.8) is 0 Å². The molecule has 86 valence electrons. The fourth-order valence-electron chi connectivity index (χ4n) is 2.09. The molecule has 16 heavy (non-hydrogen) atoms. The summed E-state index contributed by atoms with van der Waals surface area (Å²) in [6, 6.07) is 2.42. The molecule has 0 saturated carbocycles. The largest absolute Gasteiger partial charge is 0.381 e. The second-order valence-corrected chi connectivity index (χ2v) is 4.36. The van der Waals surface area contributed by atoms with Crippen LogP contribution in [0.5, 0.6) is 0 Å². The second-order valence-electron chi connectivity index (χ2n) is 4.36. The normalized spacial score (nSPS) is 20.2. The highest BCUT2D eigenvalue weighted by Crippen LogP contribution is 2.28. The maximum absolute atomic E-state index is 8.78. The van der Waals surface area contributed by atoms with Crippen molar-refractivity contribution in [1.29, 1.82) is 5.26 Å². The van der Waals surface area contributed by atoms with E-state index in [2.05, 4.69) is 30.2 Å². The summed E-state index contributed by atoms with van der Waals surface area (Å²) in [6.45, 7) is 5.66. The van der Waals surface area contributed by atoms with E-state index >= 15 is 0 Å². The second kappa shape index (κ2) is 4.62. The number of hydrogen-bond acceptors (Lipinski definition) is 4. The first-order valence-corrected chi connectivity index (χ1v) is 5.62. The summed E-state index contributed by atoms with van der Waals surface area (Å²) in [6.07, 6.45) is 1.33. The van der Waals surface area contributed by atoms with Crippen LogP contribution < -0.4 is 0 Å². The average Bonchev–Trinajstić information content (AvgIpc) is 2.84. The molecule has 0 bridgehead atoms. The monoisotopic (exact) mass is 220 g/mol. The van der Waals surface area contributed by atoms with Gasteiger partial charge in [0.2, 0.25) is 0 Å². The molecule has 1 atom stereocenters. The van der Waals surface area contributed by atoms with Crippen molar-refractivity contribution < 1.29 is 4.74 Å². The van der Waals surface area contributed by atoms with Crippen LogP contribution >= 0.6 is 0 Å². The third-order valence-electron chi connectivity index (χ3n) is 2.86. The minimum atomic E-state index is 0.274. The lowest BCUT2D eigenvalue weighted by Gasteiger charge is -2.14. The summed E-state index contributed by atoms with van der Waals surface area (Å²) in [4.78, 5) is 0. The van der Waals surface area contributed by atoms with E-state index < -0.39 is 0 Å². The molecule has 0 radical (unpaired) electrons. The zero-order valence-corrected chi connectivity index (χ0v) is 9.68. The van der Waals surface area contributed by atoms with E-state index in [4.69, 9.17) is 10.00 Å². The summed E-state index contributed by atoms with van der Waals surface area (Å²) in [5, 5.41) is 17.0. The van der Waals surface area contributed by atoms with Crippen LogP contribution in [0.4, 0.5) is 0 Å². The Morgan fingerprint density at radius 2 is 2.44 bits per heavy atom. The lowest BCUT2D eigenvalue weighted by molar-refractivity contribution is 0.192. The Labute approximate surface area is 95.0 Å². The maximum atomic E-state index is 8.78. The number of hydrogen-bond donors (Lipinski definition) is 0. The predicted molar refractivity (Wildman–Crippen MR) is 57.9 cm³/mol. The SMILES string of the molecule is CC(C)n1nnc(CC#N)c1C1CCOC1. The van der Waals surface area contributed by atoms with Crippen molar-refractivity contribution in [1.82, 2.24) is 15.0 Å². The Morgan fingerprint density at radius 1 is 1.62 bits per heavy atom. The molecular weight excluding hydrogens is 204 g/mol. The van der Waals surface area contributed by atoms with Crippen molar-refractivity contribution in [2.45, 2.75) is 38.6 Å². The number of nitriles is 1. The van der Waals surface area contributed by atoms with E-state index in [0.29, 0.717) is 12.3 Å². The van der Waals surface area contributed by atoms with Crippen molar-refractivity contribution in [2.24, 2.45) is 0 Å². The van der Waals surface area contributed by atoms with Crippen LogP contribution in [0.25, 0.3) is 0 Å². The van der Waals surface area contributed by atoms with Gasteiger partial charge in [0.15, 0.2) is 0 Å². The molecule has 1 aromatic rings. The van der Waals surface area contributed by atoms with E-state index in [1.807, 2.05) is 4.68 Å². The summed E-state index contributed by atoms with van der Waals surface area (Å²) >= 11 is 0. The van der Waals surface area contributed by atoms with Crippen LogP contribution in [-0.4, -0.2) is 28.2 Å². The van der Waals surface area contributed by atoms with Gasteiger partial charge in [0.1, 0.15) is 5.69 Å². The Morgan fingerprint density at radius 3 is 3.00 bits per heavy atom. The van der Waals surface area contributed by atoms with Gasteiger partial charge in [0, 0.05) is 18.6 Å². The summed E-state index contributed by atoms with van der Waals surface area (Å²) < 4.78 is 7.32. The van der Waals surface area contributed by atoms with Gasteiger partial charge >= 0.3 is 0 Å². The van der Waals surface area contributed by atoms with Gasteiger partial charge in [-0.3, -0.25) is 0 Å². The van der Waals surface area contributed by atoms with Gasteiger partial charge in [-0.25, -0.2) is 4.68 Å². The maximum Gasteiger partial charge on any atom is 0.100 e. The average molecular weight is 220 g/mol. The topological polar surface area (TPSA) is 63.7 Å². The summed E-state index contributed by atoms with van der Waals surface area (Å²) in [5.41, 5.74) is 1.90. The van der Waals surface area contributed by atoms with E-state index in [1.54, 1.807) is 0 Å². The Bertz CT molecular complexity index is 399. The molecule has 5 heteroatoms. The fraction of sp³-hybridized carbons (Fsp3) is 0.727. The fourth-order valence-corrected chi connectivity index (χ4v) is 2.09. The number of rotatable bonds is 3. The minimum absolute atomic E-state index is 0.274. The van der Waals surface area contributed by atoms with Gasteiger partial charge in [0.25, 0.3) is 0 Å². The molecule has 1 saturated heterocycles. The van der Waals surface area contributed by atoms with Crippen LogP contribution in [0.15, 0.2) is 0 Å². The molecular formula is C11H16N4O. The lowest BCUT2D eigenvalue weighted by Crippen LogP contribution is -2.13. The van der Waals surface area contributed by atoms with Crippen LogP contribution in [0.3, 0.4) is 0 Å². The highest BCUT2D eigenvalue weighted by molar-refractivity contribution is 5.20. The zero-order chi connectivity index (χ0) is 11.5. The molecule has 2 rings (SSSR count). The molecule has 1 aliphatic heterocycles. The van der Waals surface area contributed by atoms with E-state index in [-0.39, 0.29) is 6.04 Å². The van der Waals surface area contributed by atoms with Gasteiger partial charge in [-0.2, -0.15) is 5.26 Å². The molecule has 0 aliphatic carbocycles. The molecule has 0 aromatic carbocycles. The van der Waals surface area contributed by atoms with Gasteiger partial charge in [-0.1, -0.05) is 5.21 Å². The Kier molecular flexibility index (Phi) is 3.20. The van der Waals surface area contributed by atoms with Gasteiger partial charge in [-0.15, -0.1) is 5.10 Å². The first kappa shape index (κ1) is 11.1. The van der Waals surface area contributed by atoms with Crippen molar-refractivity contribution in [3.05, 3.63) is 11.4 Å². The molecule has 1 fully saturated rings. The number of aromatic nitrogens is 3. The van der Waals surface area contributed by atoms with Crippen molar-refractivity contribution in [2.75, 3.05) is 13.2 Å². The lowest BCUT2D eigenvalue weighted by atomic mass is 10.0. The third kappa shape index (κ3) is 1.93. The molecule has 0 amide bonds. The number of nitrogens with zero attached hydrogens (tertiary/aromatic N) is 4. The van der Waals surface area contributed by atoms with Crippen molar-refractivity contribution in [3.8, 4) is 6.07 Å². The zero-order valence-electron chi connectivity index (χ0n) is 9.68. The quantitative estimate of drug-likeness (QED) is 0.773. The van der Waals surface area contributed by atoms with Gasteiger partial charge in [0.05, 0.1) is 24.8 Å². The first-order valence-electron chi connectivity index (χ1n) is 5.62. The van der Waals surface area contributed by atoms with Crippen LogP contribution in [0, 0.1) is 11.3 Å². The van der Waals surface area contributed by atoms with E-state index in [9.17, 15) is 0 Å². The number of ether oxygens (including phenoxy) is 1. The van der Waals surface area contributed by atoms with E-state index in [0.717, 1.165) is 31.0 Å². The Hall–Kier alpha value is -1.41. The van der Waals surface area contributed by atoms with Crippen molar-refractivity contribution >= 4 is 0 Å². The van der Waals surface area contributed by atoms with Gasteiger partial charge < -0.3 is 4.74 Å². The van der Waals surface area contributed by atoms with Crippen LogP contribution in [0.1, 0.15) is 43.6 Å². The van der Waals surface area contributed by atoms with Crippen LogP contribution in [-0.2, 0) is 11.2 Å². The molecule has 1 aromatic heterocycles. The molecule has 2 heterocycles. The molecule has 0 N–H and O–H groups in total. The van der Waals surface area contributed by atoms with Crippen LogP contribution in [0.2, 0.25) is 0 Å². The molecule has 0 spiro atoms. The van der Waals surface area contributed by atoms with Gasteiger partial charge in [-0.05, 0) is 20.3 Å². The smallest absolute Gasteiger partial charge is 0.100 e. The molecule has 5 nitrogen and oxygen atoms in total. The first-order chi connectivity index (χ1) is 7.74. The minimum Gasteiger partial charge on any atom is -0.381 e. The predicted octanol–water partition coefficient (Wildman–Crippen LogP) is 1.43. The summed E-state index contributed by atoms with van der Waals surface area (Å²) in [5.74, 6) is 0.348. The highest BCUT2D eigenvalue weighted by Gasteiger charge is 2.26. The molecule has 1 unspecified atom stereocenters. The third-order valence-corrected chi connectivity index (χ3v) is 2.86. The molecule has 1 aliphatic rings.